The predicted molar refractivity (Wildman–Crippen MR) is 86.6 cm³/mol. The van der Waals surface area contributed by atoms with Crippen LogP contribution in [0.5, 0.6) is 0 Å². The number of Topliss-reactive ketones (excluding diaryl/α,β-unsaturated/α-hetero) is 1. The summed E-state index contributed by atoms with van der Waals surface area (Å²) in [4.78, 5) is 36.5. The normalized spacial score (nSPS) is 27.8. The Balaban J connectivity index is 1.63. The molecule has 3 rings (SSSR count). The van der Waals surface area contributed by atoms with Crippen molar-refractivity contribution in [1.29, 1.82) is 0 Å². The molecular weight excluding hydrogens is 332 g/mol. The van der Waals surface area contributed by atoms with Gasteiger partial charge in [-0.25, -0.2) is 0 Å². The molecule has 0 radical (unpaired) electrons. The van der Waals surface area contributed by atoms with Gasteiger partial charge in [0.2, 0.25) is 0 Å². The first kappa shape index (κ1) is 17.0. The van der Waals surface area contributed by atoms with Gasteiger partial charge in [0.25, 0.3) is 0 Å². The third kappa shape index (κ3) is 3.18. The lowest BCUT2D eigenvalue weighted by molar-refractivity contribution is -0.161. The van der Waals surface area contributed by atoms with Crippen LogP contribution < -0.4 is 0 Å². The van der Waals surface area contributed by atoms with E-state index >= 15 is 0 Å². The standard InChI is InChI=1S/C18H19ClO5/c1-23-17(21)15-11-2-3-12(8-11)16(15)18(22)24-9-14(20)10-4-6-13(19)7-5-10/h4-7,11-12,15-16H,2-3,8-9H2,1H3/t11-,12-,15-,16+/m0/s1. The molecule has 0 amide bonds. The molecule has 0 spiro atoms. The van der Waals surface area contributed by atoms with Gasteiger partial charge in [-0.15, -0.1) is 0 Å². The highest BCUT2D eigenvalue weighted by molar-refractivity contribution is 6.30. The summed E-state index contributed by atoms with van der Waals surface area (Å²) in [6, 6.07) is 6.40. The molecule has 2 saturated carbocycles. The minimum Gasteiger partial charge on any atom is -0.469 e. The number of carbonyl (C=O) groups is 3. The van der Waals surface area contributed by atoms with Gasteiger partial charge in [0.15, 0.2) is 12.4 Å². The molecule has 0 aromatic heterocycles. The molecule has 128 valence electrons. The number of benzene rings is 1. The van der Waals surface area contributed by atoms with Gasteiger partial charge < -0.3 is 9.47 Å². The molecule has 2 fully saturated rings. The van der Waals surface area contributed by atoms with Crippen molar-refractivity contribution in [2.45, 2.75) is 19.3 Å². The molecule has 0 unspecified atom stereocenters. The van der Waals surface area contributed by atoms with Gasteiger partial charge in [0, 0.05) is 10.6 Å². The molecule has 0 saturated heterocycles. The molecule has 2 aliphatic carbocycles. The van der Waals surface area contributed by atoms with Gasteiger partial charge in [0.1, 0.15) is 0 Å². The van der Waals surface area contributed by atoms with Gasteiger partial charge in [-0.3, -0.25) is 14.4 Å². The van der Waals surface area contributed by atoms with Crippen LogP contribution in [0.1, 0.15) is 29.6 Å². The number of esters is 2. The average Bonchev–Trinajstić information content (AvgIpc) is 3.20. The van der Waals surface area contributed by atoms with Crippen molar-refractivity contribution in [3.63, 3.8) is 0 Å². The molecule has 0 heterocycles. The minimum absolute atomic E-state index is 0.150. The van der Waals surface area contributed by atoms with E-state index in [9.17, 15) is 14.4 Å². The number of ketones is 1. The van der Waals surface area contributed by atoms with Crippen molar-refractivity contribution >= 4 is 29.3 Å². The summed E-state index contributed by atoms with van der Waals surface area (Å²) in [5.41, 5.74) is 0.435. The highest BCUT2D eigenvalue weighted by Crippen LogP contribution is 2.53. The quantitative estimate of drug-likeness (QED) is 0.603. The molecule has 6 heteroatoms. The maximum Gasteiger partial charge on any atom is 0.310 e. The zero-order chi connectivity index (χ0) is 17.3. The highest BCUT2D eigenvalue weighted by atomic mass is 35.5. The van der Waals surface area contributed by atoms with Crippen LogP contribution in [0.4, 0.5) is 0 Å². The largest absolute Gasteiger partial charge is 0.469 e. The van der Waals surface area contributed by atoms with Gasteiger partial charge in [-0.05, 0) is 55.4 Å². The summed E-state index contributed by atoms with van der Waals surface area (Å²) in [7, 11) is 1.33. The summed E-state index contributed by atoms with van der Waals surface area (Å²) in [5, 5.41) is 0.534. The average molecular weight is 351 g/mol. The van der Waals surface area contributed by atoms with Crippen LogP contribution in [0.3, 0.4) is 0 Å². The second-order valence-electron chi connectivity index (χ2n) is 6.45. The van der Waals surface area contributed by atoms with Crippen molar-refractivity contribution in [1.82, 2.24) is 0 Å². The molecule has 1 aromatic carbocycles. The number of hydrogen-bond acceptors (Lipinski definition) is 5. The minimum atomic E-state index is -0.491. The van der Waals surface area contributed by atoms with Gasteiger partial charge in [0.05, 0.1) is 18.9 Å². The number of rotatable bonds is 5. The lowest BCUT2D eigenvalue weighted by Gasteiger charge is -2.27. The SMILES string of the molecule is COC(=O)[C@H]1[C@H]2CC[C@@H](C2)[C@H]1C(=O)OCC(=O)c1ccc(Cl)cc1. The smallest absolute Gasteiger partial charge is 0.310 e. The molecule has 2 bridgehead atoms. The van der Waals surface area contributed by atoms with Gasteiger partial charge in [-0.2, -0.15) is 0 Å². The Labute approximate surface area is 145 Å². The van der Waals surface area contributed by atoms with Crippen molar-refractivity contribution < 1.29 is 23.9 Å². The molecule has 1 aromatic rings. The molecule has 0 N–H and O–H groups in total. The maximum atomic E-state index is 12.5. The van der Waals surface area contributed by atoms with Crippen molar-refractivity contribution in [2.24, 2.45) is 23.7 Å². The summed E-state index contributed by atoms with van der Waals surface area (Å²) in [6.45, 7) is -0.331. The van der Waals surface area contributed by atoms with E-state index in [1.807, 2.05) is 0 Å². The molecule has 4 atom stereocenters. The molecule has 2 aliphatic rings. The van der Waals surface area contributed by atoms with Gasteiger partial charge >= 0.3 is 11.9 Å². The van der Waals surface area contributed by atoms with Crippen LogP contribution in [0, 0.1) is 23.7 Å². The van der Waals surface area contributed by atoms with Gasteiger partial charge in [-0.1, -0.05) is 11.6 Å². The zero-order valence-electron chi connectivity index (χ0n) is 13.4. The summed E-state index contributed by atoms with van der Waals surface area (Å²) in [6.07, 6.45) is 2.71. The first-order chi connectivity index (χ1) is 11.5. The lowest BCUT2D eigenvalue weighted by Crippen LogP contribution is -2.37. The van der Waals surface area contributed by atoms with E-state index < -0.39 is 17.8 Å². The second kappa shape index (κ2) is 6.93. The van der Waals surface area contributed by atoms with E-state index in [1.54, 1.807) is 24.3 Å². The number of ether oxygens (including phenoxy) is 2. The van der Waals surface area contributed by atoms with E-state index in [-0.39, 0.29) is 30.2 Å². The number of methoxy groups -OCH3 is 1. The summed E-state index contributed by atoms with van der Waals surface area (Å²) in [5.74, 6) is -1.71. The molecule has 24 heavy (non-hydrogen) atoms. The Hall–Kier alpha value is -1.88. The topological polar surface area (TPSA) is 69.7 Å². The van der Waals surface area contributed by atoms with E-state index in [4.69, 9.17) is 21.1 Å². The van der Waals surface area contributed by atoms with E-state index in [2.05, 4.69) is 0 Å². The van der Waals surface area contributed by atoms with Crippen molar-refractivity contribution in [2.75, 3.05) is 13.7 Å². The molecular formula is C18H19ClO5. The molecule has 0 aliphatic heterocycles. The van der Waals surface area contributed by atoms with Crippen LogP contribution in [0.15, 0.2) is 24.3 Å². The third-order valence-corrected chi connectivity index (χ3v) is 5.43. The Morgan fingerprint density at radius 2 is 1.62 bits per heavy atom. The van der Waals surface area contributed by atoms with E-state index in [1.165, 1.54) is 7.11 Å². The first-order valence-corrected chi connectivity index (χ1v) is 8.42. The number of carbonyl (C=O) groups excluding carboxylic acids is 3. The van der Waals surface area contributed by atoms with Crippen LogP contribution in [-0.4, -0.2) is 31.4 Å². The maximum absolute atomic E-state index is 12.5. The third-order valence-electron chi connectivity index (χ3n) is 5.17. The van der Waals surface area contributed by atoms with E-state index in [0.29, 0.717) is 10.6 Å². The van der Waals surface area contributed by atoms with Crippen LogP contribution in [0.25, 0.3) is 0 Å². The van der Waals surface area contributed by atoms with Crippen LogP contribution in [0.2, 0.25) is 5.02 Å². The summed E-state index contributed by atoms with van der Waals surface area (Å²) < 4.78 is 10.1. The first-order valence-electron chi connectivity index (χ1n) is 8.04. The zero-order valence-corrected chi connectivity index (χ0v) is 14.1. The van der Waals surface area contributed by atoms with Crippen molar-refractivity contribution in [3.05, 3.63) is 34.9 Å². The monoisotopic (exact) mass is 350 g/mol. The van der Waals surface area contributed by atoms with E-state index in [0.717, 1.165) is 19.3 Å². The Morgan fingerprint density at radius 3 is 2.21 bits per heavy atom. The fourth-order valence-corrected chi connectivity index (χ4v) is 4.18. The number of hydrogen-bond donors (Lipinski definition) is 0. The highest BCUT2D eigenvalue weighted by Gasteiger charge is 2.55. The lowest BCUT2D eigenvalue weighted by atomic mass is 9.79. The Morgan fingerprint density at radius 1 is 1.04 bits per heavy atom. The van der Waals surface area contributed by atoms with Crippen molar-refractivity contribution in [3.8, 4) is 0 Å². The number of fused-ring (bicyclic) bond motifs is 2. The number of halogens is 1. The predicted octanol–water partition coefficient (Wildman–Crippen LogP) is 2.90. The Kier molecular flexibility index (Phi) is 4.90. The van der Waals surface area contributed by atoms with Crippen LogP contribution >= 0.6 is 11.6 Å². The Bertz CT molecular complexity index is 654. The fraction of sp³-hybridized carbons (Fsp3) is 0.500. The fourth-order valence-electron chi connectivity index (χ4n) is 4.06. The summed E-state index contributed by atoms with van der Waals surface area (Å²) >= 11 is 5.79. The second-order valence-corrected chi connectivity index (χ2v) is 6.88. The molecule has 5 nitrogen and oxygen atoms in total. The van der Waals surface area contributed by atoms with Crippen LogP contribution in [-0.2, 0) is 19.1 Å².